The number of hydrogen-bond acceptors (Lipinski definition) is 12. The number of carbonyl (C=O) groups excluding carboxylic acids is 4. The van der Waals surface area contributed by atoms with Crippen LogP contribution in [-0.4, -0.2) is 57.1 Å². The van der Waals surface area contributed by atoms with E-state index in [0.29, 0.717) is 0 Å². The number of aromatic hydroxyl groups is 4. The van der Waals surface area contributed by atoms with Gasteiger partial charge >= 0.3 is 0 Å². The molecule has 2 heterocycles. The molecule has 0 fully saturated rings. The fraction of sp³-hybridized carbons (Fsp3) is 0.0667. The molecule has 0 radical (unpaired) electrons. The third kappa shape index (κ3) is 4.36. The van der Waals surface area contributed by atoms with E-state index in [4.69, 9.17) is 18.9 Å². The lowest BCUT2D eigenvalue weighted by atomic mass is 9.88. The predicted molar refractivity (Wildman–Crippen MR) is 141 cm³/mol. The lowest BCUT2D eigenvalue weighted by Crippen LogP contribution is -2.18. The summed E-state index contributed by atoms with van der Waals surface area (Å²) in [6.45, 7) is -0.374. The molecular formula is C30H18O12. The number of phenolic OH excluding ortho intramolecular Hbond substituents is 4. The third-order valence-corrected chi connectivity index (χ3v) is 6.63. The summed E-state index contributed by atoms with van der Waals surface area (Å²) in [6.07, 6.45) is 0. The fourth-order valence-corrected chi connectivity index (χ4v) is 4.66. The van der Waals surface area contributed by atoms with E-state index in [1.807, 2.05) is 0 Å². The molecule has 0 saturated heterocycles. The van der Waals surface area contributed by atoms with Gasteiger partial charge in [0, 0.05) is 22.3 Å². The highest BCUT2D eigenvalue weighted by Crippen LogP contribution is 2.43. The van der Waals surface area contributed by atoms with E-state index in [1.54, 1.807) is 0 Å². The number of benzene rings is 4. The van der Waals surface area contributed by atoms with Crippen molar-refractivity contribution in [2.24, 2.45) is 0 Å². The minimum Gasteiger partial charge on any atom is -0.508 e. The van der Waals surface area contributed by atoms with Crippen LogP contribution >= 0.6 is 0 Å². The SMILES string of the molecule is O=C(C(=O)c1cc(O)ccc1-c1ccc(O)cc1C(=O)C(=O)c1cc(O)c2c(c1)OCO2)c1cc(O)c2c(c1)OCO2. The maximum atomic E-state index is 13.5. The van der Waals surface area contributed by atoms with Crippen molar-refractivity contribution in [2.75, 3.05) is 13.6 Å². The van der Waals surface area contributed by atoms with E-state index in [-0.39, 0.29) is 81.5 Å². The first-order chi connectivity index (χ1) is 20.1. The Morgan fingerprint density at radius 1 is 0.500 bits per heavy atom. The molecule has 0 saturated carbocycles. The second-order valence-electron chi connectivity index (χ2n) is 9.23. The molecule has 0 bridgehead atoms. The largest absolute Gasteiger partial charge is 0.508 e. The maximum absolute atomic E-state index is 13.5. The Bertz CT molecular complexity index is 1720. The van der Waals surface area contributed by atoms with Gasteiger partial charge in [-0.25, -0.2) is 0 Å². The smallest absolute Gasteiger partial charge is 0.234 e. The van der Waals surface area contributed by atoms with Gasteiger partial charge in [0.25, 0.3) is 0 Å². The molecular weight excluding hydrogens is 552 g/mol. The summed E-state index contributed by atoms with van der Waals surface area (Å²) in [4.78, 5) is 53.4. The summed E-state index contributed by atoms with van der Waals surface area (Å²) >= 11 is 0. The first kappa shape index (κ1) is 26.2. The number of ketones is 4. The van der Waals surface area contributed by atoms with Crippen molar-refractivity contribution in [3.05, 3.63) is 82.9 Å². The Kier molecular flexibility index (Phi) is 6.15. The van der Waals surface area contributed by atoms with Crippen molar-refractivity contribution in [1.29, 1.82) is 0 Å². The van der Waals surface area contributed by atoms with E-state index >= 15 is 0 Å². The average molecular weight is 570 g/mol. The Hall–Kier alpha value is -6.04. The van der Waals surface area contributed by atoms with Crippen LogP contribution in [0, 0.1) is 0 Å². The molecule has 0 spiro atoms. The number of ether oxygens (including phenoxy) is 4. The number of carbonyl (C=O) groups is 4. The molecule has 0 aromatic heterocycles. The summed E-state index contributed by atoms with van der Waals surface area (Å²) < 4.78 is 20.6. The maximum Gasteiger partial charge on any atom is 0.234 e. The van der Waals surface area contributed by atoms with Crippen molar-refractivity contribution in [1.82, 2.24) is 0 Å². The summed E-state index contributed by atoms with van der Waals surface area (Å²) in [6, 6.07) is 11.5. The van der Waals surface area contributed by atoms with Gasteiger partial charge in [-0.1, -0.05) is 0 Å². The van der Waals surface area contributed by atoms with Gasteiger partial charge in [-0.15, -0.1) is 0 Å². The van der Waals surface area contributed by atoms with Crippen molar-refractivity contribution < 1.29 is 58.6 Å². The van der Waals surface area contributed by atoms with Crippen LogP contribution in [0.4, 0.5) is 0 Å². The van der Waals surface area contributed by atoms with Crippen LogP contribution in [-0.2, 0) is 0 Å². The van der Waals surface area contributed by atoms with Gasteiger partial charge in [0.05, 0.1) is 0 Å². The van der Waals surface area contributed by atoms with Crippen molar-refractivity contribution >= 4 is 23.1 Å². The summed E-state index contributed by atoms with van der Waals surface area (Å²) in [5.41, 5.74) is -1.14. The average Bonchev–Trinajstić information content (AvgIpc) is 3.66. The van der Waals surface area contributed by atoms with Gasteiger partial charge in [-0.2, -0.15) is 0 Å². The summed E-state index contributed by atoms with van der Waals surface area (Å²) in [5.74, 6) is -5.81. The first-order valence-electron chi connectivity index (χ1n) is 12.2. The Labute approximate surface area is 235 Å². The highest BCUT2D eigenvalue weighted by Gasteiger charge is 2.30. The fourth-order valence-electron chi connectivity index (χ4n) is 4.66. The Balaban J connectivity index is 1.41. The highest BCUT2D eigenvalue weighted by atomic mass is 16.7. The first-order valence-corrected chi connectivity index (χ1v) is 12.2. The van der Waals surface area contributed by atoms with Crippen LogP contribution < -0.4 is 18.9 Å². The molecule has 0 atom stereocenters. The van der Waals surface area contributed by atoms with Crippen molar-refractivity contribution in [3.63, 3.8) is 0 Å². The Morgan fingerprint density at radius 2 is 0.905 bits per heavy atom. The minimum absolute atomic E-state index is 0.0131. The molecule has 4 N–H and O–H groups in total. The molecule has 6 rings (SSSR count). The molecule has 4 aromatic carbocycles. The molecule has 12 nitrogen and oxygen atoms in total. The van der Waals surface area contributed by atoms with Crippen LogP contribution in [0.15, 0.2) is 60.7 Å². The summed E-state index contributed by atoms with van der Waals surface area (Å²) in [7, 11) is 0. The van der Waals surface area contributed by atoms with Crippen molar-refractivity contribution in [2.45, 2.75) is 0 Å². The zero-order valence-electron chi connectivity index (χ0n) is 21.2. The molecule has 12 heteroatoms. The van der Waals surface area contributed by atoms with E-state index in [9.17, 15) is 39.6 Å². The number of rotatable bonds is 7. The normalized spacial score (nSPS) is 12.7. The van der Waals surface area contributed by atoms with Gasteiger partial charge in [0.1, 0.15) is 11.5 Å². The van der Waals surface area contributed by atoms with Gasteiger partial charge in [-0.05, 0) is 71.8 Å². The molecule has 0 amide bonds. The second kappa shape index (κ2) is 9.86. The quantitative estimate of drug-likeness (QED) is 0.186. The zero-order valence-corrected chi connectivity index (χ0v) is 21.2. The standard InChI is InChI=1S/C30H18O12/c31-15-1-3-17(19(9-15)27(37)25(35)13-5-21(33)29-23(7-13)39-11-41-29)18-4-2-16(32)10-20(18)28(38)26(36)14-6-22(34)30-24(8-14)40-12-42-30/h1-10,31-34H,11-12H2. The molecule has 2 aliphatic rings. The van der Waals surface area contributed by atoms with Crippen LogP contribution in [0.3, 0.4) is 0 Å². The van der Waals surface area contributed by atoms with Crippen LogP contribution in [0.2, 0.25) is 0 Å². The number of Topliss-reactive ketones (excluding diaryl/α,β-unsaturated/α-hetero) is 4. The molecule has 42 heavy (non-hydrogen) atoms. The van der Waals surface area contributed by atoms with Crippen LogP contribution in [0.1, 0.15) is 41.4 Å². The van der Waals surface area contributed by atoms with Gasteiger partial charge in [-0.3, -0.25) is 19.2 Å². The number of fused-ring (bicyclic) bond motifs is 2. The highest BCUT2D eigenvalue weighted by molar-refractivity contribution is 6.52. The van der Waals surface area contributed by atoms with Crippen LogP contribution in [0.25, 0.3) is 11.1 Å². The van der Waals surface area contributed by atoms with E-state index in [1.165, 1.54) is 36.4 Å². The van der Waals surface area contributed by atoms with Crippen molar-refractivity contribution in [3.8, 4) is 57.1 Å². The molecule has 210 valence electrons. The molecule has 0 aliphatic carbocycles. The number of phenols is 4. The zero-order chi connectivity index (χ0) is 29.7. The van der Waals surface area contributed by atoms with E-state index in [0.717, 1.165) is 24.3 Å². The van der Waals surface area contributed by atoms with Gasteiger partial charge < -0.3 is 39.4 Å². The third-order valence-electron chi connectivity index (χ3n) is 6.63. The Morgan fingerprint density at radius 3 is 1.31 bits per heavy atom. The number of hydrogen-bond donors (Lipinski definition) is 4. The topological polar surface area (TPSA) is 186 Å². The minimum atomic E-state index is -1.11. The van der Waals surface area contributed by atoms with Gasteiger partial charge in [0.15, 0.2) is 23.0 Å². The molecule has 2 aliphatic heterocycles. The van der Waals surface area contributed by atoms with Gasteiger partial charge in [0.2, 0.25) is 48.2 Å². The molecule has 4 aromatic rings. The van der Waals surface area contributed by atoms with E-state index < -0.39 is 34.6 Å². The predicted octanol–water partition coefficient (Wildman–Crippen LogP) is 3.76. The van der Waals surface area contributed by atoms with E-state index in [2.05, 4.69) is 0 Å². The van der Waals surface area contributed by atoms with Crippen LogP contribution in [0.5, 0.6) is 46.0 Å². The lowest BCUT2D eigenvalue weighted by molar-refractivity contribution is 0.0815. The monoisotopic (exact) mass is 570 g/mol. The lowest BCUT2D eigenvalue weighted by Gasteiger charge is -2.14. The summed E-state index contributed by atoms with van der Waals surface area (Å²) in [5, 5.41) is 40.7. The second-order valence-corrected chi connectivity index (χ2v) is 9.23. The molecule has 0 unspecified atom stereocenters.